The van der Waals surface area contributed by atoms with Gasteiger partial charge in [0.05, 0.1) is 13.1 Å². The highest BCUT2D eigenvalue weighted by atomic mass is 127. The zero-order valence-electron chi connectivity index (χ0n) is 13.8. The molecule has 9 heteroatoms. The number of nitrogens with zero attached hydrogens (tertiary/aromatic N) is 4. The van der Waals surface area contributed by atoms with Crippen LogP contribution in [0.2, 0.25) is 0 Å². The SMILES string of the molecule is CN=C(NCc1noc(C)n1)N(C)CCOc1ccccc1F.I. The lowest BCUT2D eigenvalue weighted by atomic mass is 10.3. The van der Waals surface area contributed by atoms with Gasteiger partial charge in [0.1, 0.15) is 6.61 Å². The highest BCUT2D eigenvalue weighted by molar-refractivity contribution is 14.0. The second-order valence-electron chi connectivity index (χ2n) is 4.83. The van der Waals surface area contributed by atoms with Crippen molar-refractivity contribution in [2.24, 2.45) is 4.99 Å². The van der Waals surface area contributed by atoms with Gasteiger partial charge in [0, 0.05) is 21.0 Å². The van der Waals surface area contributed by atoms with E-state index in [0.29, 0.717) is 37.4 Å². The average Bonchev–Trinajstić information content (AvgIpc) is 2.95. The number of halogens is 2. The third-order valence-electron chi connectivity index (χ3n) is 3.07. The van der Waals surface area contributed by atoms with E-state index in [2.05, 4.69) is 20.4 Å². The van der Waals surface area contributed by atoms with Crippen LogP contribution in [0.3, 0.4) is 0 Å². The van der Waals surface area contributed by atoms with Gasteiger partial charge in [-0.3, -0.25) is 4.99 Å². The smallest absolute Gasteiger partial charge is 0.223 e. The molecule has 0 saturated heterocycles. The summed E-state index contributed by atoms with van der Waals surface area (Å²) in [4.78, 5) is 10.1. The molecule has 132 valence electrons. The number of likely N-dealkylation sites (N-methyl/N-ethyl adjacent to an activating group) is 1. The summed E-state index contributed by atoms with van der Waals surface area (Å²) >= 11 is 0. The molecule has 1 aromatic heterocycles. The largest absolute Gasteiger partial charge is 0.489 e. The van der Waals surface area contributed by atoms with Gasteiger partial charge in [0.25, 0.3) is 0 Å². The Hall–Kier alpha value is -1.91. The Bertz CT molecular complexity index is 665. The standard InChI is InChI=1S/C15H20FN5O2.HI/c1-11-19-14(20-23-11)10-18-15(17-2)21(3)8-9-22-13-7-5-4-6-12(13)16;/h4-7H,8-10H2,1-3H3,(H,17,18);1H. The maximum absolute atomic E-state index is 13.5. The molecule has 0 saturated carbocycles. The third-order valence-corrected chi connectivity index (χ3v) is 3.07. The second kappa shape index (κ2) is 10.1. The molecule has 0 fully saturated rings. The Kier molecular flexibility index (Phi) is 8.44. The maximum Gasteiger partial charge on any atom is 0.223 e. The maximum atomic E-state index is 13.5. The summed E-state index contributed by atoms with van der Waals surface area (Å²) in [5.41, 5.74) is 0. The summed E-state index contributed by atoms with van der Waals surface area (Å²) in [6.45, 7) is 3.01. The van der Waals surface area contributed by atoms with Crippen LogP contribution in [0.5, 0.6) is 5.75 Å². The fraction of sp³-hybridized carbons (Fsp3) is 0.400. The minimum Gasteiger partial charge on any atom is -0.489 e. The highest BCUT2D eigenvalue weighted by Crippen LogP contribution is 2.14. The van der Waals surface area contributed by atoms with Gasteiger partial charge < -0.3 is 19.5 Å². The van der Waals surface area contributed by atoms with E-state index in [1.54, 1.807) is 32.2 Å². The first-order chi connectivity index (χ1) is 11.1. The lowest BCUT2D eigenvalue weighted by molar-refractivity contribution is 0.270. The number of aliphatic imine (C=N–C) groups is 1. The molecule has 0 radical (unpaired) electrons. The molecule has 0 bridgehead atoms. The van der Waals surface area contributed by atoms with Crippen molar-refractivity contribution in [2.45, 2.75) is 13.5 Å². The minimum atomic E-state index is -0.370. The molecule has 7 nitrogen and oxygen atoms in total. The molecule has 2 rings (SSSR count). The molecule has 0 aliphatic carbocycles. The van der Waals surface area contributed by atoms with Gasteiger partial charge in [-0.05, 0) is 12.1 Å². The molecule has 0 amide bonds. The summed E-state index contributed by atoms with van der Waals surface area (Å²) in [6, 6.07) is 6.32. The first-order valence-corrected chi connectivity index (χ1v) is 7.18. The fourth-order valence-corrected chi connectivity index (χ4v) is 1.92. The topological polar surface area (TPSA) is 75.8 Å². The molecule has 24 heavy (non-hydrogen) atoms. The molecule has 0 unspecified atom stereocenters. The van der Waals surface area contributed by atoms with Crippen molar-refractivity contribution in [1.82, 2.24) is 20.4 Å². The van der Waals surface area contributed by atoms with E-state index < -0.39 is 0 Å². The number of benzene rings is 1. The van der Waals surface area contributed by atoms with Gasteiger partial charge in [0.15, 0.2) is 23.4 Å². The summed E-state index contributed by atoms with van der Waals surface area (Å²) in [5, 5.41) is 6.92. The Morgan fingerprint density at radius 3 is 2.79 bits per heavy atom. The minimum absolute atomic E-state index is 0. The fourth-order valence-electron chi connectivity index (χ4n) is 1.92. The van der Waals surface area contributed by atoms with Crippen LogP contribution in [0.15, 0.2) is 33.8 Å². The van der Waals surface area contributed by atoms with E-state index in [4.69, 9.17) is 9.26 Å². The number of hydrogen-bond donors (Lipinski definition) is 1. The number of aromatic nitrogens is 2. The lowest BCUT2D eigenvalue weighted by Crippen LogP contribution is -2.40. The van der Waals surface area contributed by atoms with Crippen LogP contribution in [0.25, 0.3) is 0 Å². The van der Waals surface area contributed by atoms with Crippen LogP contribution >= 0.6 is 24.0 Å². The first-order valence-electron chi connectivity index (χ1n) is 7.18. The molecule has 1 N–H and O–H groups in total. The van der Waals surface area contributed by atoms with E-state index in [1.807, 2.05) is 11.9 Å². The van der Waals surface area contributed by atoms with Crippen LogP contribution in [-0.2, 0) is 6.54 Å². The molecular weight excluding hydrogens is 428 g/mol. The van der Waals surface area contributed by atoms with Crippen LogP contribution in [0.4, 0.5) is 4.39 Å². The van der Waals surface area contributed by atoms with E-state index in [-0.39, 0.29) is 35.5 Å². The van der Waals surface area contributed by atoms with Gasteiger partial charge in [-0.15, -0.1) is 24.0 Å². The van der Waals surface area contributed by atoms with Crippen LogP contribution in [0.1, 0.15) is 11.7 Å². The number of para-hydroxylation sites is 1. The van der Waals surface area contributed by atoms with Crippen LogP contribution in [0, 0.1) is 12.7 Å². The normalized spacial score (nSPS) is 10.9. The van der Waals surface area contributed by atoms with Gasteiger partial charge in [-0.1, -0.05) is 17.3 Å². The molecule has 2 aromatic rings. The molecule has 0 atom stereocenters. The zero-order chi connectivity index (χ0) is 16.7. The van der Waals surface area contributed by atoms with Crippen molar-refractivity contribution in [3.05, 3.63) is 41.8 Å². The summed E-state index contributed by atoms with van der Waals surface area (Å²) < 4.78 is 23.8. The van der Waals surface area contributed by atoms with Crippen molar-refractivity contribution in [3.8, 4) is 5.75 Å². The Balaban J connectivity index is 0.00000288. The Morgan fingerprint density at radius 1 is 1.42 bits per heavy atom. The first kappa shape index (κ1) is 20.1. The molecular formula is C15H21FIN5O2. The molecule has 0 aliphatic heterocycles. The van der Waals surface area contributed by atoms with Crippen molar-refractivity contribution in [1.29, 1.82) is 0 Å². The highest BCUT2D eigenvalue weighted by Gasteiger charge is 2.09. The Morgan fingerprint density at radius 2 is 2.17 bits per heavy atom. The zero-order valence-corrected chi connectivity index (χ0v) is 16.2. The summed E-state index contributed by atoms with van der Waals surface area (Å²) in [5.74, 6) is 1.60. The monoisotopic (exact) mass is 449 g/mol. The van der Waals surface area contributed by atoms with Crippen molar-refractivity contribution in [3.63, 3.8) is 0 Å². The van der Waals surface area contributed by atoms with Gasteiger partial charge in [-0.25, -0.2) is 4.39 Å². The summed E-state index contributed by atoms with van der Waals surface area (Å²) in [7, 11) is 3.54. The van der Waals surface area contributed by atoms with E-state index in [9.17, 15) is 4.39 Å². The van der Waals surface area contributed by atoms with Gasteiger partial charge in [0.2, 0.25) is 5.89 Å². The van der Waals surface area contributed by atoms with Gasteiger partial charge >= 0.3 is 0 Å². The molecule has 0 spiro atoms. The van der Waals surface area contributed by atoms with Crippen molar-refractivity contribution >= 4 is 29.9 Å². The number of nitrogens with one attached hydrogen (secondary N) is 1. The van der Waals surface area contributed by atoms with Gasteiger partial charge in [-0.2, -0.15) is 4.98 Å². The average molecular weight is 449 g/mol. The number of aryl methyl sites for hydroxylation is 1. The number of rotatable bonds is 6. The molecule has 1 heterocycles. The van der Waals surface area contributed by atoms with Crippen molar-refractivity contribution < 1.29 is 13.7 Å². The van der Waals surface area contributed by atoms with Crippen molar-refractivity contribution in [2.75, 3.05) is 27.2 Å². The molecule has 0 aliphatic rings. The molecule has 1 aromatic carbocycles. The van der Waals surface area contributed by atoms with Crippen LogP contribution < -0.4 is 10.1 Å². The Labute approximate surface area is 157 Å². The predicted octanol–water partition coefficient (Wildman–Crippen LogP) is 2.22. The quantitative estimate of drug-likeness (QED) is 0.414. The number of guanidine groups is 1. The van der Waals surface area contributed by atoms with E-state index in [0.717, 1.165) is 0 Å². The second-order valence-corrected chi connectivity index (χ2v) is 4.83. The number of ether oxygens (including phenoxy) is 1. The third kappa shape index (κ3) is 5.95. The lowest BCUT2D eigenvalue weighted by Gasteiger charge is -2.21. The van der Waals surface area contributed by atoms with E-state index in [1.165, 1.54) is 6.07 Å². The summed E-state index contributed by atoms with van der Waals surface area (Å²) in [6.07, 6.45) is 0. The van der Waals surface area contributed by atoms with Crippen LogP contribution in [-0.4, -0.2) is 48.2 Å². The van der Waals surface area contributed by atoms with E-state index >= 15 is 0 Å². The number of hydrogen-bond acceptors (Lipinski definition) is 5. The predicted molar refractivity (Wildman–Crippen MR) is 99.2 cm³/mol.